The Labute approximate surface area is 200 Å². The maximum absolute atomic E-state index is 13.4. The van der Waals surface area contributed by atoms with E-state index in [4.69, 9.17) is 4.74 Å². The van der Waals surface area contributed by atoms with Gasteiger partial charge in [-0.25, -0.2) is 17.5 Å². The zero-order chi connectivity index (χ0) is 23.2. The minimum absolute atomic E-state index is 0.164. The molecule has 0 saturated carbocycles. The molecule has 33 heavy (non-hydrogen) atoms. The molecule has 1 fully saturated rings. The van der Waals surface area contributed by atoms with Gasteiger partial charge >= 0.3 is 0 Å². The number of hydrogen-bond acceptors (Lipinski definition) is 5. The normalized spacial score (nSPS) is 20.8. The van der Waals surface area contributed by atoms with Crippen LogP contribution in [-0.2, 0) is 21.2 Å². The molecule has 10 heteroatoms. The van der Waals surface area contributed by atoms with Crippen molar-refractivity contribution in [1.29, 1.82) is 0 Å². The van der Waals surface area contributed by atoms with E-state index >= 15 is 0 Å². The maximum atomic E-state index is 13.4. The van der Waals surface area contributed by atoms with Crippen LogP contribution in [0.25, 0.3) is 11.8 Å². The van der Waals surface area contributed by atoms with Crippen molar-refractivity contribution >= 4 is 32.0 Å². The van der Waals surface area contributed by atoms with Gasteiger partial charge in [-0.15, -0.1) is 0 Å². The fraction of sp³-hybridized carbons (Fsp3) is 0.304. The van der Waals surface area contributed by atoms with E-state index in [2.05, 4.69) is 32.1 Å². The highest BCUT2D eigenvalue weighted by Gasteiger charge is 2.46. The number of sulfonamides is 1. The number of fused-ring (bicyclic) bond motifs is 2. The number of methoxy groups -OCH3 is 1. The Bertz CT molecular complexity index is 1340. The Balaban J connectivity index is 1.51. The average molecular weight is 533 g/mol. The average Bonchev–Trinajstić information content (AvgIpc) is 3.20. The third kappa shape index (κ3) is 3.95. The molecule has 1 aliphatic carbocycles. The third-order valence-corrected chi connectivity index (χ3v) is 8.57. The summed E-state index contributed by atoms with van der Waals surface area (Å²) in [5.41, 5.74) is 3.37. The van der Waals surface area contributed by atoms with Crippen LogP contribution in [0.15, 0.2) is 63.9 Å². The van der Waals surface area contributed by atoms with Crippen LogP contribution in [0.3, 0.4) is 0 Å². The summed E-state index contributed by atoms with van der Waals surface area (Å²) in [5, 5.41) is 4.54. The van der Waals surface area contributed by atoms with Crippen LogP contribution in [0, 0.1) is 11.2 Å². The molecule has 0 amide bonds. The van der Waals surface area contributed by atoms with Gasteiger partial charge in [0.15, 0.2) is 0 Å². The molecule has 1 atom stereocenters. The molecule has 0 bridgehead atoms. The number of pyridine rings is 1. The molecule has 5 rings (SSSR count). The molecule has 7 nitrogen and oxygen atoms in total. The summed E-state index contributed by atoms with van der Waals surface area (Å²) in [6.07, 6.45) is 8.02. The molecular weight excluding hydrogens is 511 g/mol. The summed E-state index contributed by atoms with van der Waals surface area (Å²) >= 11 is 3.31. The van der Waals surface area contributed by atoms with Crippen molar-refractivity contribution < 1.29 is 17.5 Å². The van der Waals surface area contributed by atoms with Crippen LogP contribution in [0.4, 0.5) is 4.39 Å². The molecule has 2 aromatic heterocycles. The first-order valence-electron chi connectivity index (χ1n) is 10.5. The summed E-state index contributed by atoms with van der Waals surface area (Å²) in [6, 6.07) is 7.78. The summed E-state index contributed by atoms with van der Waals surface area (Å²) in [4.78, 5) is 4.19. The lowest BCUT2D eigenvalue weighted by Gasteiger charge is -2.45. The minimum atomic E-state index is -3.71. The Morgan fingerprint density at radius 1 is 1.21 bits per heavy atom. The largest absolute Gasteiger partial charge is 0.384 e. The number of hydrogen-bond donors (Lipinski definition) is 0. The second kappa shape index (κ2) is 8.43. The third-order valence-electron chi connectivity index (χ3n) is 6.33. The number of benzene rings is 1. The second-order valence-corrected chi connectivity index (χ2v) is 11.3. The minimum Gasteiger partial charge on any atom is -0.384 e. The topological polar surface area (TPSA) is 77.3 Å². The monoisotopic (exact) mass is 532 g/mol. The van der Waals surface area contributed by atoms with E-state index in [-0.39, 0.29) is 10.7 Å². The molecule has 0 N–H and O–H groups in total. The van der Waals surface area contributed by atoms with Gasteiger partial charge in [0.25, 0.3) is 0 Å². The van der Waals surface area contributed by atoms with E-state index < -0.39 is 15.4 Å². The molecule has 3 heterocycles. The summed E-state index contributed by atoms with van der Waals surface area (Å²) in [5.74, 6) is -0.300. The quantitative estimate of drug-likeness (QED) is 0.499. The van der Waals surface area contributed by atoms with Crippen LogP contribution in [-0.4, -0.2) is 54.3 Å². The SMILES string of the molecule is COCC12Cc3cnn(-c4ccc(F)cc4)c3C=C1CCN(S(=O)(=O)c1cncc(Br)c1)C2. The predicted octanol–water partition coefficient (Wildman–Crippen LogP) is 3.84. The first-order valence-corrected chi connectivity index (χ1v) is 12.7. The van der Waals surface area contributed by atoms with Gasteiger partial charge in [0.1, 0.15) is 10.7 Å². The first-order chi connectivity index (χ1) is 15.8. The summed E-state index contributed by atoms with van der Waals surface area (Å²) in [7, 11) is -2.07. The van der Waals surface area contributed by atoms with Gasteiger partial charge in [0.05, 0.1) is 24.2 Å². The summed E-state index contributed by atoms with van der Waals surface area (Å²) in [6.45, 7) is 1.07. The number of ether oxygens (including phenoxy) is 1. The molecule has 1 aromatic carbocycles. The number of halogens is 2. The fourth-order valence-corrected chi connectivity index (χ4v) is 6.81. The molecule has 3 aromatic rings. The number of rotatable bonds is 5. The Morgan fingerprint density at radius 3 is 2.73 bits per heavy atom. The number of nitrogens with zero attached hydrogens (tertiary/aromatic N) is 4. The van der Waals surface area contributed by atoms with Crippen molar-refractivity contribution in [3.63, 3.8) is 0 Å². The molecule has 1 saturated heterocycles. The smallest absolute Gasteiger partial charge is 0.244 e. The van der Waals surface area contributed by atoms with Gasteiger partial charge in [-0.05, 0) is 70.7 Å². The zero-order valence-corrected chi connectivity index (χ0v) is 20.3. The van der Waals surface area contributed by atoms with Crippen LogP contribution in [0.2, 0.25) is 0 Å². The van der Waals surface area contributed by atoms with E-state index in [0.717, 1.165) is 22.5 Å². The fourth-order valence-electron chi connectivity index (χ4n) is 4.78. The number of piperidine rings is 1. The van der Waals surface area contributed by atoms with Crippen LogP contribution >= 0.6 is 15.9 Å². The highest BCUT2D eigenvalue weighted by atomic mass is 79.9. The van der Waals surface area contributed by atoms with Crippen molar-refractivity contribution in [1.82, 2.24) is 19.1 Å². The molecule has 1 aliphatic heterocycles. The van der Waals surface area contributed by atoms with Gasteiger partial charge in [-0.1, -0.05) is 5.57 Å². The van der Waals surface area contributed by atoms with Crippen molar-refractivity contribution in [2.45, 2.75) is 17.7 Å². The lowest BCUT2D eigenvalue weighted by atomic mass is 9.69. The molecule has 2 aliphatic rings. The molecule has 0 spiro atoms. The Morgan fingerprint density at radius 2 is 2.00 bits per heavy atom. The van der Waals surface area contributed by atoms with Crippen LogP contribution in [0.1, 0.15) is 17.7 Å². The van der Waals surface area contributed by atoms with Gasteiger partial charge in [-0.2, -0.15) is 9.40 Å². The van der Waals surface area contributed by atoms with Crippen molar-refractivity contribution in [3.8, 4) is 5.69 Å². The van der Waals surface area contributed by atoms with Gasteiger partial charge < -0.3 is 4.74 Å². The van der Waals surface area contributed by atoms with Crippen molar-refractivity contribution in [2.24, 2.45) is 5.41 Å². The lowest BCUT2D eigenvalue weighted by Crippen LogP contribution is -2.51. The van der Waals surface area contributed by atoms with E-state index in [1.54, 1.807) is 42.4 Å². The van der Waals surface area contributed by atoms with Crippen molar-refractivity contribution in [3.05, 3.63) is 76.0 Å². The summed E-state index contributed by atoms with van der Waals surface area (Å²) < 4.78 is 49.7. The highest BCUT2D eigenvalue weighted by molar-refractivity contribution is 9.10. The Hall–Kier alpha value is -2.40. The second-order valence-electron chi connectivity index (χ2n) is 8.43. The lowest BCUT2D eigenvalue weighted by molar-refractivity contribution is 0.0733. The molecule has 172 valence electrons. The number of aromatic nitrogens is 3. The van der Waals surface area contributed by atoms with Gasteiger partial charge in [0.2, 0.25) is 10.0 Å². The maximum Gasteiger partial charge on any atom is 0.244 e. The van der Waals surface area contributed by atoms with Gasteiger partial charge in [0, 0.05) is 42.5 Å². The van der Waals surface area contributed by atoms with E-state index in [1.165, 1.54) is 22.6 Å². The Kier molecular flexibility index (Phi) is 5.72. The predicted molar refractivity (Wildman–Crippen MR) is 125 cm³/mol. The van der Waals surface area contributed by atoms with Crippen molar-refractivity contribution in [2.75, 3.05) is 26.8 Å². The van der Waals surface area contributed by atoms with Crippen LogP contribution in [0.5, 0.6) is 0 Å². The molecule has 1 unspecified atom stereocenters. The zero-order valence-electron chi connectivity index (χ0n) is 17.9. The molecule has 0 radical (unpaired) electrons. The van der Waals surface area contributed by atoms with Crippen LogP contribution < -0.4 is 0 Å². The first kappa shape index (κ1) is 22.4. The van der Waals surface area contributed by atoms with E-state index in [0.29, 0.717) is 37.0 Å². The highest BCUT2D eigenvalue weighted by Crippen LogP contribution is 2.45. The van der Waals surface area contributed by atoms with Gasteiger partial charge in [-0.3, -0.25) is 4.98 Å². The standard InChI is InChI=1S/C23H22BrFN4O3S/c1-32-15-23-10-16-11-27-29(20-4-2-19(25)3-5-20)22(16)8-17(23)6-7-28(14-23)33(30,31)21-9-18(24)12-26-13-21/h2-5,8-9,11-13H,6-7,10,14-15H2,1H3. The van der Waals surface area contributed by atoms with E-state index in [9.17, 15) is 12.8 Å². The van der Waals surface area contributed by atoms with E-state index in [1.807, 2.05) is 0 Å². The molecular formula is C23H22BrFN4O3S.